The second-order valence-electron chi connectivity index (χ2n) is 6.72. The summed E-state index contributed by atoms with van der Waals surface area (Å²) in [7, 11) is 0. The molecule has 1 aliphatic rings. The molecule has 5 heterocycles. The Morgan fingerprint density at radius 3 is 2.85 bits per heavy atom. The van der Waals surface area contributed by atoms with Gasteiger partial charge in [-0.1, -0.05) is 0 Å². The maximum Gasteiger partial charge on any atom is 0.241 e. The van der Waals surface area contributed by atoms with Crippen molar-refractivity contribution in [3.05, 3.63) is 42.7 Å². The molecule has 1 saturated heterocycles. The molecule has 132 valence electrons. The highest BCUT2D eigenvalue weighted by atomic mass is 15.3. The number of nitrogens with zero attached hydrogens (tertiary/aromatic N) is 6. The van der Waals surface area contributed by atoms with Crippen molar-refractivity contribution in [3.63, 3.8) is 0 Å². The van der Waals surface area contributed by atoms with Crippen molar-refractivity contribution in [1.29, 1.82) is 0 Å². The fraction of sp³-hybridized carbons (Fsp3) is 0.333. The van der Waals surface area contributed by atoms with E-state index >= 15 is 0 Å². The van der Waals surface area contributed by atoms with E-state index in [9.17, 15) is 0 Å². The zero-order valence-corrected chi connectivity index (χ0v) is 14.6. The Bertz CT molecular complexity index is 1070. The molecule has 0 spiro atoms. The Kier molecular flexibility index (Phi) is 3.56. The van der Waals surface area contributed by atoms with Crippen LogP contribution >= 0.6 is 0 Å². The van der Waals surface area contributed by atoms with E-state index in [2.05, 4.69) is 36.9 Å². The van der Waals surface area contributed by atoms with Gasteiger partial charge in [-0.25, -0.2) is 19.5 Å². The van der Waals surface area contributed by atoms with Crippen molar-refractivity contribution in [2.24, 2.45) is 0 Å². The number of rotatable bonds is 3. The molecule has 26 heavy (non-hydrogen) atoms. The van der Waals surface area contributed by atoms with Gasteiger partial charge in [0.1, 0.15) is 0 Å². The van der Waals surface area contributed by atoms with Crippen LogP contribution in [0.25, 0.3) is 22.4 Å². The maximum absolute atomic E-state index is 4.62. The minimum atomic E-state index is 0.430. The number of hydrogen-bond acceptors (Lipinski definition) is 6. The largest absolute Gasteiger partial charge is 0.350 e. The number of imidazole rings is 1. The Morgan fingerprint density at radius 2 is 1.96 bits per heavy atom. The van der Waals surface area contributed by atoms with Crippen LogP contribution in [-0.2, 0) is 0 Å². The van der Waals surface area contributed by atoms with Gasteiger partial charge >= 0.3 is 0 Å². The molecule has 4 aromatic rings. The molecule has 0 radical (unpaired) electrons. The predicted octanol–water partition coefficient (Wildman–Crippen LogP) is 1.91. The molecule has 1 aliphatic heterocycles. The summed E-state index contributed by atoms with van der Waals surface area (Å²) in [6, 6.07) is 2.48. The van der Waals surface area contributed by atoms with Gasteiger partial charge in [0, 0.05) is 41.5 Å². The topological polar surface area (TPSA) is 84.4 Å². The van der Waals surface area contributed by atoms with Gasteiger partial charge in [0.15, 0.2) is 0 Å². The summed E-state index contributed by atoms with van der Waals surface area (Å²) in [5, 5.41) is 11.4. The summed E-state index contributed by atoms with van der Waals surface area (Å²) in [6.07, 6.45) is 11.7. The normalized spacial score (nSPS) is 15.7. The minimum absolute atomic E-state index is 0.430. The first-order valence-corrected chi connectivity index (χ1v) is 8.90. The standard InChI is InChI=1S/C18H20N8/c1-12-8-21-18-22-9-13(11-25(12)18)15-4-7-26-16(15)10-20-17(24-26)23-14-2-5-19-6-3-14/h4,7-11,14,19H,2-3,5-6H2,1H3,(H,23,24). The number of hydrogen-bond donors (Lipinski definition) is 2. The number of anilines is 1. The average molecular weight is 348 g/mol. The smallest absolute Gasteiger partial charge is 0.241 e. The first-order chi connectivity index (χ1) is 12.8. The molecule has 0 aliphatic carbocycles. The quantitative estimate of drug-likeness (QED) is 0.588. The van der Waals surface area contributed by atoms with E-state index in [1.165, 1.54) is 0 Å². The first-order valence-electron chi connectivity index (χ1n) is 8.90. The molecule has 0 atom stereocenters. The van der Waals surface area contributed by atoms with Crippen LogP contribution in [0.4, 0.5) is 5.95 Å². The number of aromatic nitrogens is 6. The third kappa shape index (κ3) is 2.59. The second-order valence-corrected chi connectivity index (χ2v) is 6.72. The van der Waals surface area contributed by atoms with Crippen LogP contribution in [0.3, 0.4) is 0 Å². The highest BCUT2D eigenvalue weighted by Crippen LogP contribution is 2.25. The maximum atomic E-state index is 4.62. The first kappa shape index (κ1) is 15.3. The molecular formula is C18H20N8. The Balaban J connectivity index is 1.49. The summed E-state index contributed by atoms with van der Waals surface area (Å²) in [4.78, 5) is 13.2. The van der Waals surface area contributed by atoms with Crippen molar-refractivity contribution in [1.82, 2.24) is 34.3 Å². The van der Waals surface area contributed by atoms with E-state index in [1.54, 1.807) is 0 Å². The molecule has 0 unspecified atom stereocenters. The Labute approximate surface area is 150 Å². The van der Waals surface area contributed by atoms with Crippen LogP contribution in [0.2, 0.25) is 0 Å². The highest BCUT2D eigenvalue weighted by Gasteiger charge is 2.15. The molecule has 8 nitrogen and oxygen atoms in total. The van der Waals surface area contributed by atoms with E-state index in [0.717, 1.165) is 48.3 Å². The van der Waals surface area contributed by atoms with Gasteiger partial charge in [-0.3, -0.25) is 4.40 Å². The van der Waals surface area contributed by atoms with Crippen molar-refractivity contribution in [2.75, 3.05) is 18.4 Å². The van der Waals surface area contributed by atoms with Crippen LogP contribution in [0.1, 0.15) is 18.5 Å². The van der Waals surface area contributed by atoms with Gasteiger partial charge in [-0.05, 0) is 38.9 Å². The molecule has 0 amide bonds. The lowest BCUT2D eigenvalue weighted by atomic mass is 10.1. The van der Waals surface area contributed by atoms with Gasteiger partial charge in [0.25, 0.3) is 0 Å². The molecule has 0 saturated carbocycles. The fourth-order valence-electron chi connectivity index (χ4n) is 3.49. The van der Waals surface area contributed by atoms with Crippen molar-refractivity contribution >= 4 is 17.2 Å². The van der Waals surface area contributed by atoms with Gasteiger partial charge in [0.05, 0.1) is 17.9 Å². The van der Waals surface area contributed by atoms with E-state index in [1.807, 2.05) is 46.7 Å². The summed E-state index contributed by atoms with van der Waals surface area (Å²) in [5.74, 6) is 1.38. The monoisotopic (exact) mass is 348 g/mol. The van der Waals surface area contributed by atoms with Crippen LogP contribution in [0.5, 0.6) is 0 Å². The lowest BCUT2D eigenvalue weighted by molar-refractivity contribution is 0.476. The molecule has 2 N–H and O–H groups in total. The summed E-state index contributed by atoms with van der Waals surface area (Å²) >= 11 is 0. The number of aryl methyl sites for hydroxylation is 1. The zero-order valence-electron chi connectivity index (χ0n) is 14.6. The van der Waals surface area contributed by atoms with Crippen LogP contribution in [-0.4, -0.2) is 48.1 Å². The average Bonchev–Trinajstić information content (AvgIpc) is 3.26. The lowest BCUT2D eigenvalue weighted by Gasteiger charge is -2.23. The SMILES string of the molecule is Cc1cnc2ncc(-c3ccn4nc(NC5CCNCC5)ncc34)cn12. The number of fused-ring (bicyclic) bond motifs is 2. The van der Waals surface area contributed by atoms with Gasteiger partial charge in [-0.2, -0.15) is 0 Å². The highest BCUT2D eigenvalue weighted by molar-refractivity contribution is 5.79. The molecule has 4 aromatic heterocycles. The molecule has 0 aromatic carbocycles. The molecule has 0 bridgehead atoms. The number of piperidine rings is 1. The van der Waals surface area contributed by atoms with Crippen LogP contribution < -0.4 is 10.6 Å². The van der Waals surface area contributed by atoms with Crippen molar-refractivity contribution in [3.8, 4) is 11.1 Å². The van der Waals surface area contributed by atoms with E-state index in [-0.39, 0.29) is 0 Å². The molecule has 8 heteroatoms. The van der Waals surface area contributed by atoms with E-state index in [0.29, 0.717) is 17.8 Å². The summed E-state index contributed by atoms with van der Waals surface area (Å²) < 4.78 is 3.86. The van der Waals surface area contributed by atoms with Gasteiger partial charge in [0.2, 0.25) is 11.7 Å². The van der Waals surface area contributed by atoms with Gasteiger partial charge < -0.3 is 10.6 Å². The summed E-state index contributed by atoms with van der Waals surface area (Å²) in [6.45, 7) is 4.10. The zero-order chi connectivity index (χ0) is 17.5. The predicted molar refractivity (Wildman–Crippen MR) is 99.2 cm³/mol. The Morgan fingerprint density at radius 1 is 1.12 bits per heavy atom. The minimum Gasteiger partial charge on any atom is -0.350 e. The third-order valence-electron chi connectivity index (χ3n) is 4.95. The molecule has 1 fully saturated rings. The van der Waals surface area contributed by atoms with Crippen molar-refractivity contribution in [2.45, 2.75) is 25.8 Å². The third-order valence-corrected chi connectivity index (χ3v) is 4.95. The summed E-state index contributed by atoms with van der Waals surface area (Å²) in [5.41, 5.74) is 4.09. The van der Waals surface area contributed by atoms with Gasteiger partial charge in [-0.15, -0.1) is 5.10 Å². The second kappa shape index (κ2) is 6.06. The molecule has 5 rings (SSSR count). The van der Waals surface area contributed by atoms with Crippen molar-refractivity contribution < 1.29 is 0 Å². The molecular weight excluding hydrogens is 328 g/mol. The fourth-order valence-corrected chi connectivity index (χ4v) is 3.49. The number of nitrogens with one attached hydrogen (secondary N) is 2. The lowest BCUT2D eigenvalue weighted by Crippen LogP contribution is -2.35. The van der Waals surface area contributed by atoms with Crippen LogP contribution in [0, 0.1) is 6.92 Å². The Hall–Kier alpha value is -3.00. The van der Waals surface area contributed by atoms with E-state index < -0.39 is 0 Å². The van der Waals surface area contributed by atoms with Crippen LogP contribution in [0.15, 0.2) is 37.1 Å². The van der Waals surface area contributed by atoms with E-state index in [4.69, 9.17) is 0 Å².